The Kier molecular flexibility index (Phi) is 5.50. The van der Waals surface area contributed by atoms with Crippen LogP contribution in [0.3, 0.4) is 0 Å². The summed E-state index contributed by atoms with van der Waals surface area (Å²) in [5.74, 6) is 0.107. The minimum Gasteiger partial charge on any atom is -0.507 e. The zero-order valence-electron chi connectivity index (χ0n) is 16.5. The second-order valence-electron chi connectivity index (χ2n) is 7.85. The van der Waals surface area contributed by atoms with Crippen LogP contribution in [-0.2, 0) is 21.1 Å². The highest BCUT2D eigenvalue weighted by molar-refractivity contribution is 7.91. The van der Waals surface area contributed by atoms with Crippen molar-refractivity contribution in [3.8, 4) is 5.75 Å². The number of nitrogens with zero attached hydrogens (tertiary/aromatic N) is 2. The van der Waals surface area contributed by atoms with Crippen LogP contribution in [0.1, 0.15) is 22.3 Å². The first-order valence-electron chi connectivity index (χ1n) is 9.87. The first kappa shape index (κ1) is 20.1. The molecular weight excluding hydrogens is 392 g/mol. The van der Waals surface area contributed by atoms with E-state index in [1.807, 2.05) is 36.2 Å². The molecule has 2 heterocycles. The third kappa shape index (κ3) is 4.10. The fraction of sp³-hybridized carbons (Fsp3) is 0.476. The number of aromatic hydroxyl groups is 1. The largest absolute Gasteiger partial charge is 0.507 e. The van der Waals surface area contributed by atoms with Gasteiger partial charge in [0.2, 0.25) is 0 Å². The lowest BCUT2D eigenvalue weighted by Crippen LogP contribution is -2.40. The summed E-state index contributed by atoms with van der Waals surface area (Å²) in [6, 6.07) is 9.30. The summed E-state index contributed by atoms with van der Waals surface area (Å²) in [6.45, 7) is 2.36. The fourth-order valence-electron chi connectivity index (χ4n) is 4.17. The van der Waals surface area contributed by atoms with Crippen molar-refractivity contribution in [3.05, 3.63) is 41.5 Å². The second-order valence-corrected chi connectivity index (χ2v) is 10.1. The van der Waals surface area contributed by atoms with Crippen LogP contribution in [0.5, 0.6) is 5.75 Å². The van der Waals surface area contributed by atoms with Crippen LogP contribution < -0.4 is 0 Å². The van der Waals surface area contributed by atoms with Gasteiger partial charge in [-0.2, -0.15) is 0 Å². The Bertz CT molecular complexity index is 1030. The van der Waals surface area contributed by atoms with Crippen LogP contribution in [0, 0.1) is 0 Å². The van der Waals surface area contributed by atoms with Gasteiger partial charge in [0.25, 0.3) is 5.91 Å². The van der Waals surface area contributed by atoms with Gasteiger partial charge < -0.3 is 14.7 Å². The van der Waals surface area contributed by atoms with E-state index in [1.165, 1.54) is 0 Å². The second kappa shape index (κ2) is 7.93. The van der Waals surface area contributed by atoms with Gasteiger partial charge in [0.1, 0.15) is 5.75 Å². The molecule has 156 valence electrons. The number of morpholine rings is 1. The lowest BCUT2D eigenvalue weighted by atomic mass is 9.97. The minimum absolute atomic E-state index is 0.0205. The predicted molar refractivity (Wildman–Crippen MR) is 111 cm³/mol. The van der Waals surface area contributed by atoms with Crippen LogP contribution in [0.2, 0.25) is 0 Å². The van der Waals surface area contributed by atoms with E-state index in [0.717, 1.165) is 10.8 Å². The number of sulfone groups is 1. The molecule has 8 heteroatoms. The Balaban J connectivity index is 1.70. The van der Waals surface area contributed by atoms with E-state index in [4.69, 9.17) is 4.74 Å². The van der Waals surface area contributed by atoms with Gasteiger partial charge in [0.05, 0.1) is 30.3 Å². The van der Waals surface area contributed by atoms with E-state index in [9.17, 15) is 18.3 Å². The van der Waals surface area contributed by atoms with E-state index < -0.39 is 9.84 Å². The topological polar surface area (TPSA) is 87.2 Å². The summed E-state index contributed by atoms with van der Waals surface area (Å²) in [7, 11) is -1.13. The van der Waals surface area contributed by atoms with Crippen LogP contribution in [0.25, 0.3) is 10.8 Å². The maximum Gasteiger partial charge on any atom is 0.257 e. The average Bonchev–Trinajstić information content (AvgIpc) is 3.10. The molecular formula is C21H26N2O5S. The summed E-state index contributed by atoms with van der Waals surface area (Å²) in [4.78, 5) is 16.7. The fourth-order valence-corrected chi connectivity index (χ4v) is 5.98. The zero-order chi connectivity index (χ0) is 20.6. The first-order chi connectivity index (χ1) is 13.9. The SMILES string of the molecule is CN(Cc1c(O)c(C(=O)N2CCOCC2)cc2ccccc12)[C@@H]1CCS(=O)(=O)C1. The van der Waals surface area contributed by atoms with Crippen molar-refractivity contribution < 1.29 is 23.1 Å². The monoisotopic (exact) mass is 418 g/mol. The molecule has 29 heavy (non-hydrogen) atoms. The predicted octanol–water partition coefficient (Wildman–Crippen LogP) is 1.64. The molecule has 2 saturated heterocycles. The number of amides is 1. The molecule has 0 aromatic heterocycles. The molecule has 0 saturated carbocycles. The van der Waals surface area contributed by atoms with Gasteiger partial charge in [-0.05, 0) is 30.3 Å². The average molecular weight is 419 g/mol. The molecule has 0 unspecified atom stereocenters. The van der Waals surface area contributed by atoms with Crippen molar-refractivity contribution in [2.24, 2.45) is 0 Å². The molecule has 2 aromatic rings. The van der Waals surface area contributed by atoms with E-state index in [1.54, 1.807) is 11.0 Å². The smallest absolute Gasteiger partial charge is 0.257 e. The van der Waals surface area contributed by atoms with Gasteiger partial charge in [-0.15, -0.1) is 0 Å². The number of phenols is 1. The first-order valence-corrected chi connectivity index (χ1v) is 11.7. The normalized spacial score (nSPS) is 21.7. The molecule has 1 amide bonds. The molecule has 4 rings (SSSR count). The highest BCUT2D eigenvalue weighted by Gasteiger charge is 2.32. The molecule has 7 nitrogen and oxygen atoms in total. The van der Waals surface area contributed by atoms with Crippen LogP contribution >= 0.6 is 0 Å². The van der Waals surface area contributed by atoms with Crippen molar-refractivity contribution in [2.45, 2.75) is 19.0 Å². The minimum atomic E-state index is -3.00. The molecule has 1 atom stereocenters. The van der Waals surface area contributed by atoms with Gasteiger partial charge >= 0.3 is 0 Å². The molecule has 2 aliphatic heterocycles. The van der Waals surface area contributed by atoms with E-state index in [-0.39, 0.29) is 34.8 Å². The lowest BCUT2D eigenvalue weighted by Gasteiger charge is -2.28. The molecule has 0 radical (unpaired) electrons. The van der Waals surface area contributed by atoms with Crippen LogP contribution in [0.4, 0.5) is 0 Å². The van der Waals surface area contributed by atoms with E-state index >= 15 is 0 Å². The van der Waals surface area contributed by atoms with Crippen LogP contribution in [0.15, 0.2) is 30.3 Å². The maximum atomic E-state index is 13.1. The van der Waals surface area contributed by atoms with Gasteiger partial charge in [-0.3, -0.25) is 9.69 Å². The highest BCUT2D eigenvalue weighted by atomic mass is 32.2. The zero-order valence-corrected chi connectivity index (χ0v) is 17.3. The number of hydrogen-bond donors (Lipinski definition) is 1. The van der Waals surface area contributed by atoms with Crippen molar-refractivity contribution >= 4 is 26.5 Å². The molecule has 2 fully saturated rings. The van der Waals surface area contributed by atoms with Crippen molar-refractivity contribution in [3.63, 3.8) is 0 Å². The van der Waals surface area contributed by atoms with Crippen LogP contribution in [-0.4, -0.2) is 80.1 Å². The summed E-state index contributed by atoms with van der Waals surface area (Å²) in [5.41, 5.74) is 0.944. The molecule has 0 spiro atoms. The molecule has 2 aromatic carbocycles. The Morgan fingerprint density at radius 2 is 2.00 bits per heavy atom. The highest BCUT2D eigenvalue weighted by Crippen LogP contribution is 2.34. The Morgan fingerprint density at radius 1 is 1.28 bits per heavy atom. The van der Waals surface area contributed by atoms with Gasteiger partial charge in [-0.1, -0.05) is 24.3 Å². The maximum absolute atomic E-state index is 13.1. The van der Waals surface area contributed by atoms with Crippen molar-refractivity contribution in [1.29, 1.82) is 0 Å². The van der Waals surface area contributed by atoms with Gasteiger partial charge in [0, 0.05) is 31.2 Å². The summed E-state index contributed by atoms with van der Waals surface area (Å²) in [6.07, 6.45) is 0.587. The van der Waals surface area contributed by atoms with E-state index in [2.05, 4.69) is 0 Å². The number of fused-ring (bicyclic) bond motifs is 1. The molecule has 0 bridgehead atoms. The third-order valence-electron chi connectivity index (χ3n) is 5.89. The number of ether oxygens (including phenoxy) is 1. The Hall–Kier alpha value is -2.16. The molecule has 0 aliphatic carbocycles. The Labute approximate surface area is 170 Å². The summed E-state index contributed by atoms with van der Waals surface area (Å²) in [5, 5.41) is 12.8. The third-order valence-corrected chi connectivity index (χ3v) is 7.65. The number of phenolic OH excluding ortho intramolecular Hbond substituents is 1. The van der Waals surface area contributed by atoms with Gasteiger partial charge in [-0.25, -0.2) is 8.42 Å². The number of hydrogen-bond acceptors (Lipinski definition) is 6. The number of rotatable bonds is 4. The Morgan fingerprint density at radius 3 is 2.69 bits per heavy atom. The number of benzene rings is 2. The van der Waals surface area contributed by atoms with Crippen molar-refractivity contribution in [2.75, 3.05) is 44.9 Å². The molecule has 1 N–H and O–H groups in total. The van der Waals surface area contributed by atoms with E-state index in [0.29, 0.717) is 44.8 Å². The lowest BCUT2D eigenvalue weighted by molar-refractivity contribution is 0.0301. The quantitative estimate of drug-likeness (QED) is 0.812. The summed E-state index contributed by atoms with van der Waals surface area (Å²) >= 11 is 0. The summed E-state index contributed by atoms with van der Waals surface area (Å²) < 4.78 is 29.0. The van der Waals surface area contributed by atoms with Crippen molar-refractivity contribution in [1.82, 2.24) is 9.80 Å². The molecule has 2 aliphatic rings. The number of carbonyl (C=O) groups excluding carboxylic acids is 1. The van der Waals surface area contributed by atoms with Gasteiger partial charge in [0.15, 0.2) is 9.84 Å². The number of carbonyl (C=O) groups is 1. The standard InChI is InChI=1S/C21H26N2O5S/c1-22(16-6-11-29(26,27)14-16)13-19-17-5-3-2-4-15(17)12-18(20(19)24)21(25)23-7-9-28-10-8-23/h2-5,12,16,24H,6-11,13-14H2,1H3/t16-/m1/s1.